The first kappa shape index (κ1) is 21.2. The highest BCUT2D eigenvalue weighted by atomic mass is 35.5. The van der Waals surface area contributed by atoms with Crippen LogP contribution >= 0.6 is 23.2 Å². The summed E-state index contributed by atoms with van der Waals surface area (Å²) in [6.45, 7) is 3.59. The van der Waals surface area contributed by atoms with Crippen LogP contribution in [0, 0.1) is 13.8 Å². The van der Waals surface area contributed by atoms with E-state index in [0.29, 0.717) is 32.6 Å². The lowest BCUT2D eigenvalue weighted by Gasteiger charge is -2.17. The highest BCUT2D eigenvalue weighted by molar-refractivity contribution is 6.32. The Hall–Kier alpha value is -2.53. The van der Waals surface area contributed by atoms with Gasteiger partial charge in [0.05, 0.1) is 0 Å². The molecule has 0 spiro atoms. The lowest BCUT2D eigenvalue weighted by Crippen LogP contribution is -2.21. The topological polar surface area (TPSA) is 58.6 Å². The van der Waals surface area contributed by atoms with Gasteiger partial charge in [-0.3, -0.25) is 4.79 Å². The number of aliphatic hydroxyl groups is 1. The molecule has 0 radical (unpaired) electrons. The quantitative estimate of drug-likeness (QED) is 0.527. The van der Waals surface area contributed by atoms with Crippen LogP contribution in [0.15, 0.2) is 60.7 Å². The third-order valence-corrected chi connectivity index (χ3v) is 5.31. The van der Waals surface area contributed by atoms with Crippen molar-refractivity contribution in [3.8, 4) is 5.75 Å². The number of aryl methyl sites for hydroxylation is 2. The number of hydrogen-bond acceptors (Lipinski definition) is 3. The Morgan fingerprint density at radius 3 is 2.34 bits per heavy atom. The lowest BCUT2D eigenvalue weighted by atomic mass is 10.00. The number of carbonyl (C=O) groups excluding carboxylic acids is 1. The van der Waals surface area contributed by atoms with Crippen molar-refractivity contribution in [3.63, 3.8) is 0 Å². The van der Waals surface area contributed by atoms with Crippen molar-refractivity contribution in [1.29, 1.82) is 0 Å². The summed E-state index contributed by atoms with van der Waals surface area (Å²) < 4.78 is 5.61. The molecule has 0 aliphatic carbocycles. The molecule has 0 aromatic heterocycles. The lowest BCUT2D eigenvalue weighted by molar-refractivity contribution is -0.118. The van der Waals surface area contributed by atoms with Crippen molar-refractivity contribution < 1.29 is 14.6 Å². The first-order chi connectivity index (χ1) is 13.8. The number of anilines is 1. The minimum absolute atomic E-state index is 0.177. The Kier molecular flexibility index (Phi) is 6.80. The van der Waals surface area contributed by atoms with Gasteiger partial charge >= 0.3 is 0 Å². The molecule has 0 aliphatic heterocycles. The molecule has 1 amide bonds. The number of carbonyl (C=O) groups is 1. The second kappa shape index (κ2) is 9.31. The number of amides is 1. The molecular formula is C23H21Cl2NO3. The van der Waals surface area contributed by atoms with E-state index >= 15 is 0 Å². The van der Waals surface area contributed by atoms with Crippen LogP contribution in [-0.4, -0.2) is 17.6 Å². The summed E-state index contributed by atoms with van der Waals surface area (Å²) in [4.78, 5) is 12.4. The number of halogens is 2. The first-order valence-corrected chi connectivity index (χ1v) is 9.82. The van der Waals surface area contributed by atoms with Gasteiger partial charge in [-0.15, -0.1) is 0 Å². The zero-order valence-corrected chi connectivity index (χ0v) is 17.6. The molecule has 29 heavy (non-hydrogen) atoms. The van der Waals surface area contributed by atoms with Crippen molar-refractivity contribution in [2.45, 2.75) is 20.0 Å². The summed E-state index contributed by atoms with van der Waals surface area (Å²) in [7, 11) is 0. The van der Waals surface area contributed by atoms with Crippen LogP contribution in [0.5, 0.6) is 5.75 Å². The molecule has 0 saturated carbocycles. The minimum atomic E-state index is -0.923. The van der Waals surface area contributed by atoms with Crippen molar-refractivity contribution in [1.82, 2.24) is 0 Å². The Balaban J connectivity index is 1.74. The fourth-order valence-corrected chi connectivity index (χ4v) is 3.30. The molecule has 1 atom stereocenters. The number of hydrogen-bond donors (Lipinski definition) is 2. The number of benzene rings is 3. The standard InChI is InChI=1S/C23H21Cl2NO3/c1-14-10-18(11-15(2)22(14)25)29-13-21(27)26-20-9-8-17(24)12-19(20)23(28)16-6-4-3-5-7-16/h3-12,23,28H,13H2,1-2H3,(H,26,27)/t23-/m1/s1. The second-order valence-electron chi connectivity index (χ2n) is 6.75. The number of rotatable bonds is 6. The van der Waals surface area contributed by atoms with Gasteiger partial charge in [-0.05, 0) is 60.9 Å². The summed E-state index contributed by atoms with van der Waals surface area (Å²) in [5.41, 5.74) is 3.45. The molecule has 0 heterocycles. The number of nitrogens with one attached hydrogen (secondary N) is 1. The predicted molar refractivity (Wildman–Crippen MR) is 117 cm³/mol. The summed E-state index contributed by atoms with van der Waals surface area (Å²) in [6, 6.07) is 17.7. The number of aliphatic hydroxyl groups excluding tert-OH is 1. The molecule has 0 saturated heterocycles. The molecule has 2 N–H and O–H groups in total. The molecule has 0 unspecified atom stereocenters. The van der Waals surface area contributed by atoms with Crippen LogP contribution in [0.3, 0.4) is 0 Å². The van der Waals surface area contributed by atoms with Gasteiger partial charge in [-0.2, -0.15) is 0 Å². The zero-order chi connectivity index (χ0) is 21.0. The molecule has 150 valence electrons. The van der Waals surface area contributed by atoms with E-state index in [-0.39, 0.29) is 12.5 Å². The van der Waals surface area contributed by atoms with E-state index < -0.39 is 6.10 Å². The fourth-order valence-electron chi connectivity index (χ4n) is 3.01. The van der Waals surface area contributed by atoms with Crippen molar-refractivity contribution in [2.75, 3.05) is 11.9 Å². The monoisotopic (exact) mass is 429 g/mol. The summed E-state index contributed by atoms with van der Waals surface area (Å²) >= 11 is 12.3. The molecule has 4 nitrogen and oxygen atoms in total. The van der Waals surface area contributed by atoms with Gasteiger partial charge in [0.2, 0.25) is 0 Å². The average Bonchev–Trinajstić information content (AvgIpc) is 2.71. The Morgan fingerprint density at radius 1 is 1.03 bits per heavy atom. The molecule has 0 aliphatic rings. The smallest absolute Gasteiger partial charge is 0.262 e. The normalized spacial score (nSPS) is 11.8. The summed E-state index contributed by atoms with van der Waals surface area (Å²) in [5.74, 6) is 0.222. The van der Waals surface area contributed by atoms with E-state index in [1.54, 1.807) is 30.3 Å². The van der Waals surface area contributed by atoms with E-state index in [4.69, 9.17) is 27.9 Å². The molecule has 3 rings (SSSR count). The van der Waals surface area contributed by atoms with E-state index in [9.17, 15) is 9.90 Å². The highest BCUT2D eigenvalue weighted by Crippen LogP contribution is 2.31. The third-order valence-electron chi connectivity index (χ3n) is 4.48. The van der Waals surface area contributed by atoms with Crippen LogP contribution in [0.1, 0.15) is 28.4 Å². The van der Waals surface area contributed by atoms with Crippen LogP contribution < -0.4 is 10.1 Å². The maximum absolute atomic E-state index is 12.4. The van der Waals surface area contributed by atoms with Crippen LogP contribution in [-0.2, 0) is 4.79 Å². The Morgan fingerprint density at radius 2 is 1.69 bits per heavy atom. The molecular weight excluding hydrogens is 409 g/mol. The van der Waals surface area contributed by atoms with E-state index in [1.807, 2.05) is 44.2 Å². The molecule has 6 heteroatoms. The first-order valence-electron chi connectivity index (χ1n) is 9.07. The molecule has 0 bridgehead atoms. The summed E-state index contributed by atoms with van der Waals surface area (Å²) in [5, 5.41) is 14.7. The SMILES string of the molecule is Cc1cc(OCC(=O)Nc2ccc(Cl)cc2[C@H](O)c2ccccc2)cc(C)c1Cl. The fraction of sp³-hybridized carbons (Fsp3) is 0.174. The van der Waals surface area contributed by atoms with Crippen LogP contribution in [0.2, 0.25) is 10.0 Å². The molecule has 0 fully saturated rings. The van der Waals surface area contributed by atoms with Gasteiger partial charge in [-0.1, -0.05) is 53.5 Å². The maximum atomic E-state index is 12.4. The zero-order valence-electron chi connectivity index (χ0n) is 16.1. The van der Waals surface area contributed by atoms with Gasteiger partial charge in [0.15, 0.2) is 6.61 Å². The molecule has 3 aromatic carbocycles. The van der Waals surface area contributed by atoms with E-state index in [2.05, 4.69) is 5.32 Å². The van der Waals surface area contributed by atoms with Gasteiger partial charge in [-0.25, -0.2) is 0 Å². The summed E-state index contributed by atoms with van der Waals surface area (Å²) in [6.07, 6.45) is -0.923. The van der Waals surface area contributed by atoms with E-state index in [1.165, 1.54) is 0 Å². The molecule has 3 aromatic rings. The van der Waals surface area contributed by atoms with Crippen molar-refractivity contribution >= 4 is 34.8 Å². The van der Waals surface area contributed by atoms with Crippen molar-refractivity contribution in [2.24, 2.45) is 0 Å². The largest absolute Gasteiger partial charge is 0.484 e. The van der Waals surface area contributed by atoms with Crippen molar-refractivity contribution in [3.05, 3.63) is 93.0 Å². The average molecular weight is 430 g/mol. The Labute approximate surface area is 180 Å². The maximum Gasteiger partial charge on any atom is 0.262 e. The van der Waals surface area contributed by atoms with Gasteiger partial charge in [0, 0.05) is 21.3 Å². The van der Waals surface area contributed by atoms with Crippen LogP contribution in [0.25, 0.3) is 0 Å². The number of ether oxygens (including phenoxy) is 1. The van der Waals surface area contributed by atoms with Gasteiger partial charge in [0.1, 0.15) is 11.9 Å². The van der Waals surface area contributed by atoms with E-state index in [0.717, 1.165) is 11.1 Å². The minimum Gasteiger partial charge on any atom is -0.484 e. The van der Waals surface area contributed by atoms with Gasteiger partial charge < -0.3 is 15.2 Å². The third kappa shape index (κ3) is 5.30. The Bertz CT molecular complexity index is 999. The second-order valence-corrected chi connectivity index (χ2v) is 7.57. The van der Waals surface area contributed by atoms with Gasteiger partial charge in [0.25, 0.3) is 5.91 Å². The van der Waals surface area contributed by atoms with Crippen LogP contribution in [0.4, 0.5) is 5.69 Å². The predicted octanol–water partition coefficient (Wildman–Crippen LogP) is 5.71. The highest BCUT2D eigenvalue weighted by Gasteiger charge is 2.17.